The van der Waals surface area contributed by atoms with Crippen molar-refractivity contribution in [1.82, 2.24) is 10.6 Å². The Hall–Kier alpha value is -0.780. The fourth-order valence-electron chi connectivity index (χ4n) is 0.931. The second-order valence-electron chi connectivity index (χ2n) is 3.00. The average molecular weight is 208 g/mol. The zero-order chi connectivity index (χ0) is 10.5. The quantitative estimate of drug-likeness (QED) is 0.668. The first kappa shape index (κ1) is 12.2. The Morgan fingerprint density at radius 1 is 1.46 bits per heavy atom. The van der Waals surface area contributed by atoms with E-state index in [2.05, 4.69) is 10.6 Å². The predicted octanol–water partition coefficient (Wildman–Crippen LogP) is -0.261. The van der Waals surface area contributed by atoms with Gasteiger partial charge in [0.05, 0.1) is 5.75 Å². The van der Waals surface area contributed by atoms with Crippen LogP contribution in [0.4, 0.5) is 4.79 Å². The van der Waals surface area contributed by atoms with Crippen molar-refractivity contribution in [3.05, 3.63) is 0 Å². The van der Waals surface area contributed by atoms with E-state index in [9.17, 15) is 13.2 Å². The standard InChI is InChI=1S/C7H16N2O3S/c1-4-8-7(10)9-6(2)5-13(3,11)12/h6H,4-5H2,1-3H3,(H2,8,9,10). The molecule has 1 unspecified atom stereocenters. The highest BCUT2D eigenvalue weighted by Gasteiger charge is 2.11. The van der Waals surface area contributed by atoms with Crippen molar-refractivity contribution in [1.29, 1.82) is 0 Å². The Labute approximate surface area is 78.8 Å². The normalized spacial score (nSPS) is 13.5. The average Bonchev–Trinajstić information content (AvgIpc) is 1.81. The van der Waals surface area contributed by atoms with E-state index < -0.39 is 9.84 Å². The molecule has 0 bridgehead atoms. The summed E-state index contributed by atoms with van der Waals surface area (Å²) in [5, 5.41) is 5.03. The molecule has 13 heavy (non-hydrogen) atoms. The van der Waals surface area contributed by atoms with Crippen LogP contribution in [0, 0.1) is 0 Å². The molecule has 2 amide bonds. The van der Waals surface area contributed by atoms with Crippen LogP contribution >= 0.6 is 0 Å². The molecule has 0 saturated heterocycles. The van der Waals surface area contributed by atoms with Gasteiger partial charge in [0.2, 0.25) is 0 Å². The van der Waals surface area contributed by atoms with Crippen LogP contribution in [0.5, 0.6) is 0 Å². The van der Waals surface area contributed by atoms with Crippen LogP contribution in [0.15, 0.2) is 0 Å². The molecule has 0 spiro atoms. The third-order valence-electron chi connectivity index (χ3n) is 1.27. The van der Waals surface area contributed by atoms with E-state index in [-0.39, 0.29) is 17.8 Å². The number of nitrogens with one attached hydrogen (secondary N) is 2. The van der Waals surface area contributed by atoms with Crippen molar-refractivity contribution >= 4 is 15.9 Å². The fraction of sp³-hybridized carbons (Fsp3) is 0.857. The van der Waals surface area contributed by atoms with Gasteiger partial charge in [-0.2, -0.15) is 0 Å². The summed E-state index contributed by atoms with van der Waals surface area (Å²) >= 11 is 0. The Bertz CT molecular complexity index is 261. The predicted molar refractivity (Wildman–Crippen MR) is 51.4 cm³/mol. The van der Waals surface area contributed by atoms with E-state index in [0.29, 0.717) is 6.54 Å². The molecule has 78 valence electrons. The number of rotatable bonds is 4. The molecular formula is C7H16N2O3S. The molecule has 0 aromatic rings. The summed E-state index contributed by atoms with van der Waals surface area (Å²) in [7, 11) is -3.03. The topological polar surface area (TPSA) is 75.3 Å². The van der Waals surface area contributed by atoms with Gasteiger partial charge in [-0.1, -0.05) is 0 Å². The van der Waals surface area contributed by atoms with Crippen molar-refractivity contribution in [2.24, 2.45) is 0 Å². The van der Waals surface area contributed by atoms with E-state index in [4.69, 9.17) is 0 Å². The van der Waals surface area contributed by atoms with E-state index in [1.807, 2.05) is 0 Å². The summed E-state index contributed by atoms with van der Waals surface area (Å²) in [5.41, 5.74) is 0. The SMILES string of the molecule is CCNC(=O)NC(C)CS(C)(=O)=O. The molecule has 0 rings (SSSR count). The molecule has 0 fully saturated rings. The van der Waals surface area contributed by atoms with Crippen molar-refractivity contribution in [2.75, 3.05) is 18.6 Å². The van der Waals surface area contributed by atoms with Gasteiger partial charge in [-0.3, -0.25) is 0 Å². The molecule has 0 radical (unpaired) electrons. The summed E-state index contributed by atoms with van der Waals surface area (Å²) in [6.45, 7) is 3.97. The summed E-state index contributed by atoms with van der Waals surface area (Å²) < 4.78 is 21.6. The number of carbonyl (C=O) groups is 1. The van der Waals surface area contributed by atoms with Gasteiger partial charge in [0.25, 0.3) is 0 Å². The summed E-state index contributed by atoms with van der Waals surface area (Å²) in [6, 6.07) is -0.694. The van der Waals surface area contributed by atoms with Gasteiger partial charge in [-0.15, -0.1) is 0 Å². The maximum Gasteiger partial charge on any atom is 0.315 e. The van der Waals surface area contributed by atoms with Gasteiger partial charge < -0.3 is 10.6 Å². The maximum absolute atomic E-state index is 10.9. The first-order chi connectivity index (χ1) is 5.85. The number of sulfone groups is 1. The minimum Gasteiger partial charge on any atom is -0.338 e. The lowest BCUT2D eigenvalue weighted by Crippen LogP contribution is -2.43. The lowest BCUT2D eigenvalue weighted by atomic mass is 10.4. The molecule has 2 N–H and O–H groups in total. The third-order valence-corrected chi connectivity index (χ3v) is 2.37. The summed E-state index contributed by atoms with van der Waals surface area (Å²) in [5.74, 6) is -0.0376. The molecule has 0 aliphatic heterocycles. The number of hydrogen-bond donors (Lipinski definition) is 2. The number of urea groups is 1. The van der Waals surface area contributed by atoms with Crippen molar-refractivity contribution < 1.29 is 13.2 Å². The molecule has 5 nitrogen and oxygen atoms in total. The van der Waals surface area contributed by atoms with Crippen LogP contribution in [0.3, 0.4) is 0 Å². The maximum atomic E-state index is 10.9. The molecule has 0 saturated carbocycles. The van der Waals surface area contributed by atoms with E-state index in [1.165, 1.54) is 0 Å². The molecule has 1 atom stereocenters. The van der Waals surface area contributed by atoms with Crippen molar-refractivity contribution in [3.63, 3.8) is 0 Å². The van der Waals surface area contributed by atoms with Gasteiger partial charge in [-0.25, -0.2) is 13.2 Å². The van der Waals surface area contributed by atoms with Crippen LogP contribution in [-0.2, 0) is 9.84 Å². The Kier molecular flexibility index (Phi) is 4.76. The van der Waals surface area contributed by atoms with Gasteiger partial charge >= 0.3 is 6.03 Å². The van der Waals surface area contributed by atoms with Gasteiger partial charge in [-0.05, 0) is 13.8 Å². The molecule has 0 heterocycles. The van der Waals surface area contributed by atoms with E-state index >= 15 is 0 Å². The van der Waals surface area contributed by atoms with Gasteiger partial charge in [0, 0.05) is 18.8 Å². The molecule has 6 heteroatoms. The lowest BCUT2D eigenvalue weighted by molar-refractivity contribution is 0.239. The highest BCUT2D eigenvalue weighted by molar-refractivity contribution is 7.90. The summed E-state index contributed by atoms with van der Waals surface area (Å²) in [6.07, 6.45) is 1.14. The Morgan fingerprint density at radius 3 is 2.38 bits per heavy atom. The van der Waals surface area contributed by atoms with E-state index in [1.54, 1.807) is 13.8 Å². The summed E-state index contributed by atoms with van der Waals surface area (Å²) in [4.78, 5) is 10.9. The molecule has 0 aromatic carbocycles. The number of carbonyl (C=O) groups excluding carboxylic acids is 1. The highest BCUT2D eigenvalue weighted by atomic mass is 32.2. The van der Waals surface area contributed by atoms with Crippen LogP contribution in [0.2, 0.25) is 0 Å². The minimum absolute atomic E-state index is 0.0376. The number of hydrogen-bond acceptors (Lipinski definition) is 3. The Balaban J connectivity index is 3.88. The Morgan fingerprint density at radius 2 is 2.00 bits per heavy atom. The first-order valence-corrected chi connectivity index (χ1v) is 6.13. The van der Waals surface area contributed by atoms with Crippen LogP contribution in [0.1, 0.15) is 13.8 Å². The van der Waals surface area contributed by atoms with E-state index in [0.717, 1.165) is 6.26 Å². The fourth-order valence-corrected chi connectivity index (χ4v) is 1.92. The van der Waals surface area contributed by atoms with Crippen molar-refractivity contribution in [2.45, 2.75) is 19.9 Å². The third kappa shape index (κ3) is 7.58. The second kappa shape index (κ2) is 5.06. The van der Waals surface area contributed by atoms with Crippen molar-refractivity contribution in [3.8, 4) is 0 Å². The zero-order valence-electron chi connectivity index (χ0n) is 8.12. The molecule has 0 aliphatic rings. The van der Waals surface area contributed by atoms with Crippen LogP contribution < -0.4 is 10.6 Å². The smallest absolute Gasteiger partial charge is 0.315 e. The minimum atomic E-state index is -3.03. The monoisotopic (exact) mass is 208 g/mol. The largest absolute Gasteiger partial charge is 0.338 e. The lowest BCUT2D eigenvalue weighted by Gasteiger charge is -2.12. The molecule has 0 aliphatic carbocycles. The first-order valence-electron chi connectivity index (χ1n) is 4.07. The second-order valence-corrected chi connectivity index (χ2v) is 5.18. The van der Waals surface area contributed by atoms with Gasteiger partial charge in [0.15, 0.2) is 0 Å². The van der Waals surface area contributed by atoms with Crippen LogP contribution in [0.25, 0.3) is 0 Å². The highest BCUT2D eigenvalue weighted by Crippen LogP contribution is 1.89. The van der Waals surface area contributed by atoms with Crippen LogP contribution in [-0.4, -0.2) is 39.0 Å². The number of amides is 2. The van der Waals surface area contributed by atoms with Gasteiger partial charge in [0.1, 0.15) is 9.84 Å². The molecular weight excluding hydrogens is 192 g/mol. The molecule has 0 aromatic heterocycles. The zero-order valence-corrected chi connectivity index (χ0v) is 8.94.